The van der Waals surface area contributed by atoms with Crippen LogP contribution in [0.15, 0.2) is 42.7 Å². The van der Waals surface area contributed by atoms with Crippen LogP contribution in [0.1, 0.15) is 10.4 Å². The number of Topliss-reactive ketones (excluding diaryl/α,β-unsaturated/α-hetero) is 1. The van der Waals surface area contributed by atoms with Crippen LogP contribution in [0, 0.1) is 5.82 Å². The summed E-state index contributed by atoms with van der Waals surface area (Å²) in [5.74, 6) is -0.209. The van der Waals surface area contributed by atoms with Gasteiger partial charge < -0.3 is 4.74 Å². The predicted molar refractivity (Wildman–Crippen MR) is 65.5 cm³/mol. The maximum Gasteiger partial charge on any atom is 0.200 e. The van der Waals surface area contributed by atoms with Gasteiger partial charge in [-0.05, 0) is 24.3 Å². The number of carbonyl (C=O) groups is 1. The molecule has 18 heavy (non-hydrogen) atoms. The summed E-state index contributed by atoms with van der Waals surface area (Å²) in [5, 5.41) is 0.432. The van der Waals surface area contributed by atoms with Gasteiger partial charge >= 0.3 is 0 Å². The van der Waals surface area contributed by atoms with Crippen LogP contribution in [0.2, 0.25) is 5.02 Å². The van der Waals surface area contributed by atoms with Gasteiger partial charge in [0.2, 0.25) is 0 Å². The van der Waals surface area contributed by atoms with Crippen LogP contribution in [0.3, 0.4) is 0 Å². The Labute approximate surface area is 108 Å². The van der Waals surface area contributed by atoms with Crippen LogP contribution >= 0.6 is 11.6 Å². The van der Waals surface area contributed by atoms with E-state index in [1.165, 1.54) is 36.7 Å². The number of nitrogens with zero attached hydrogens (tertiary/aromatic N) is 1. The highest BCUT2D eigenvalue weighted by molar-refractivity contribution is 6.30. The molecule has 1 aromatic heterocycles. The molecule has 0 aliphatic rings. The van der Waals surface area contributed by atoms with Gasteiger partial charge in [-0.2, -0.15) is 0 Å². The molecule has 3 nitrogen and oxygen atoms in total. The third-order valence-corrected chi connectivity index (χ3v) is 2.42. The Bertz CT molecular complexity index is 557. The highest BCUT2D eigenvalue weighted by Gasteiger charge is 2.07. The highest BCUT2D eigenvalue weighted by atomic mass is 35.5. The molecule has 0 N–H and O–H groups in total. The molecular weight excluding hydrogens is 257 g/mol. The third kappa shape index (κ3) is 3.28. The van der Waals surface area contributed by atoms with Gasteiger partial charge in [-0.25, -0.2) is 4.39 Å². The number of ether oxygens (including phenoxy) is 1. The van der Waals surface area contributed by atoms with E-state index in [4.69, 9.17) is 16.3 Å². The molecule has 0 saturated carbocycles. The molecule has 0 unspecified atom stereocenters. The Morgan fingerprint density at radius 1 is 1.28 bits per heavy atom. The summed E-state index contributed by atoms with van der Waals surface area (Å²) in [6.07, 6.45) is 2.93. The fraction of sp³-hybridized carbons (Fsp3) is 0.0769. The molecule has 0 aliphatic carbocycles. The van der Waals surface area contributed by atoms with Crippen LogP contribution in [0.4, 0.5) is 4.39 Å². The second-order valence-electron chi connectivity index (χ2n) is 3.56. The van der Waals surface area contributed by atoms with Crippen molar-refractivity contribution in [1.82, 2.24) is 4.98 Å². The number of hydrogen-bond acceptors (Lipinski definition) is 3. The number of halogens is 2. The molecule has 0 bridgehead atoms. The molecule has 0 amide bonds. The van der Waals surface area contributed by atoms with Gasteiger partial charge in [0.15, 0.2) is 12.4 Å². The average Bonchev–Trinajstić information content (AvgIpc) is 2.37. The number of pyridine rings is 1. The van der Waals surface area contributed by atoms with Crippen molar-refractivity contribution >= 4 is 17.4 Å². The minimum absolute atomic E-state index is 0.145. The Kier molecular flexibility index (Phi) is 3.89. The van der Waals surface area contributed by atoms with Gasteiger partial charge in [-0.1, -0.05) is 11.6 Å². The molecule has 1 heterocycles. The quantitative estimate of drug-likeness (QED) is 0.797. The van der Waals surface area contributed by atoms with Crippen molar-refractivity contribution in [2.24, 2.45) is 0 Å². The minimum atomic E-state index is -0.383. The lowest BCUT2D eigenvalue weighted by atomic mass is 10.1. The van der Waals surface area contributed by atoms with Crippen molar-refractivity contribution < 1.29 is 13.9 Å². The van der Waals surface area contributed by atoms with E-state index in [9.17, 15) is 9.18 Å². The zero-order valence-corrected chi connectivity index (χ0v) is 10.0. The van der Waals surface area contributed by atoms with Crippen molar-refractivity contribution in [3.05, 3.63) is 59.1 Å². The van der Waals surface area contributed by atoms with Crippen molar-refractivity contribution in [3.8, 4) is 5.75 Å². The number of benzene rings is 1. The fourth-order valence-corrected chi connectivity index (χ4v) is 1.50. The first-order valence-corrected chi connectivity index (χ1v) is 5.55. The SMILES string of the molecule is O=C(COc1cncc(Cl)c1)c1ccc(F)cc1. The summed E-state index contributed by atoms with van der Waals surface area (Å²) >= 11 is 5.73. The smallest absolute Gasteiger partial charge is 0.200 e. The summed E-state index contributed by atoms with van der Waals surface area (Å²) in [6.45, 7) is -0.145. The van der Waals surface area contributed by atoms with Gasteiger partial charge in [0, 0.05) is 17.8 Å². The van der Waals surface area contributed by atoms with Gasteiger partial charge in [0.1, 0.15) is 11.6 Å². The molecule has 92 valence electrons. The minimum Gasteiger partial charge on any atom is -0.484 e. The Hall–Kier alpha value is -1.94. The standard InChI is InChI=1S/C13H9ClFNO2/c14-10-5-12(7-16-6-10)18-8-13(17)9-1-3-11(15)4-2-9/h1-7H,8H2. The largest absolute Gasteiger partial charge is 0.484 e. The van der Waals surface area contributed by atoms with E-state index >= 15 is 0 Å². The summed E-state index contributed by atoms with van der Waals surface area (Å²) in [6, 6.07) is 6.85. The summed E-state index contributed by atoms with van der Waals surface area (Å²) in [5.41, 5.74) is 0.395. The fourth-order valence-electron chi connectivity index (χ4n) is 1.34. The first-order valence-electron chi connectivity index (χ1n) is 5.17. The Balaban J connectivity index is 1.98. The van der Waals surface area contributed by atoms with Gasteiger partial charge in [0.25, 0.3) is 0 Å². The lowest BCUT2D eigenvalue weighted by molar-refractivity contribution is 0.0921. The van der Waals surface area contributed by atoms with Crippen LogP contribution in [-0.2, 0) is 0 Å². The predicted octanol–water partition coefficient (Wildman–Crippen LogP) is 3.14. The van der Waals surface area contributed by atoms with Gasteiger partial charge in [-0.3, -0.25) is 9.78 Å². The highest BCUT2D eigenvalue weighted by Crippen LogP contribution is 2.15. The number of ketones is 1. The molecule has 2 rings (SSSR count). The maximum absolute atomic E-state index is 12.7. The number of aromatic nitrogens is 1. The van der Waals surface area contributed by atoms with Crippen molar-refractivity contribution in [2.45, 2.75) is 0 Å². The number of rotatable bonds is 4. The number of hydrogen-bond donors (Lipinski definition) is 0. The second-order valence-corrected chi connectivity index (χ2v) is 3.99. The van der Waals surface area contributed by atoms with Crippen LogP contribution in [0.5, 0.6) is 5.75 Å². The Morgan fingerprint density at radius 3 is 2.67 bits per heavy atom. The first kappa shape index (κ1) is 12.5. The molecule has 0 saturated heterocycles. The molecular formula is C13H9ClFNO2. The van der Waals surface area contributed by atoms with E-state index in [2.05, 4.69) is 4.98 Å². The van der Waals surface area contributed by atoms with Crippen LogP contribution in [-0.4, -0.2) is 17.4 Å². The van der Waals surface area contributed by atoms with Crippen molar-refractivity contribution in [1.29, 1.82) is 0 Å². The van der Waals surface area contributed by atoms with E-state index in [1.54, 1.807) is 6.07 Å². The van der Waals surface area contributed by atoms with E-state index in [1.807, 2.05) is 0 Å². The molecule has 0 spiro atoms. The molecule has 0 radical (unpaired) electrons. The van der Waals surface area contributed by atoms with Crippen LogP contribution in [0.25, 0.3) is 0 Å². The summed E-state index contributed by atoms with van der Waals surface area (Å²) < 4.78 is 17.9. The van der Waals surface area contributed by atoms with E-state index in [0.717, 1.165) is 0 Å². The molecule has 0 aliphatic heterocycles. The van der Waals surface area contributed by atoms with E-state index < -0.39 is 0 Å². The molecule has 5 heteroatoms. The van der Waals surface area contributed by atoms with E-state index in [-0.39, 0.29) is 18.2 Å². The normalized spacial score (nSPS) is 10.1. The maximum atomic E-state index is 12.7. The first-order chi connectivity index (χ1) is 8.65. The van der Waals surface area contributed by atoms with Gasteiger partial charge in [-0.15, -0.1) is 0 Å². The lowest BCUT2D eigenvalue weighted by Gasteiger charge is -2.05. The third-order valence-electron chi connectivity index (χ3n) is 2.22. The zero-order valence-electron chi connectivity index (χ0n) is 9.27. The molecule has 0 fully saturated rings. The summed E-state index contributed by atoms with van der Waals surface area (Å²) in [7, 11) is 0. The molecule has 2 aromatic rings. The monoisotopic (exact) mass is 265 g/mol. The second kappa shape index (κ2) is 5.60. The molecule has 1 aromatic carbocycles. The number of carbonyl (C=O) groups excluding carboxylic acids is 1. The topological polar surface area (TPSA) is 39.2 Å². The van der Waals surface area contributed by atoms with Gasteiger partial charge in [0.05, 0.1) is 11.2 Å². The van der Waals surface area contributed by atoms with E-state index in [0.29, 0.717) is 16.3 Å². The van der Waals surface area contributed by atoms with Crippen molar-refractivity contribution in [3.63, 3.8) is 0 Å². The molecule has 0 atom stereocenters. The summed E-state index contributed by atoms with van der Waals surface area (Å²) in [4.78, 5) is 15.5. The average molecular weight is 266 g/mol. The zero-order chi connectivity index (χ0) is 13.0. The lowest BCUT2D eigenvalue weighted by Crippen LogP contribution is -2.11. The van der Waals surface area contributed by atoms with Crippen LogP contribution < -0.4 is 4.74 Å². The van der Waals surface area contributed by atoms with Crippen molar-refractivity contribution in [2.75, 3.05) is 6.61 Å². The Morgan fingerprint density at radius 2 is 2.00 bits per heavy atom.